The van der Waals surface area contributed by atoms with E-state index in [-0.39, 0.29) is 17.4 Å². The summed E-state index contributed by atoms with van der Waals surface area (Å²) in [4.78, 5) is 16.1. The second kappa shape index (κ2) is 7.49. The van der Waals surface area contributed by atoms with Crippen LogP contribution in [0.1, 0.15) is 19.4 Å². The summed E-state index contributed by atoms with van der Waals surface area (Å²) in [6.07, 6.45) is 1.47. The van der Waals surface area contributed by atoms with E-state index < -0.39 is 5.97 Å². The highest BCUT2D eigenvalue weighted by molar-refractivity contribution is 6.31. The van der Waals surface area contributed by atoms with Crippen molar-refractivity contribution in [2.45, 2.75) is 13.8 Å². The van der Waals surface area contributed by atoms with Crippen molar-refractivity contribution in [1.82, 2.24) is 0 Å². The van der Waals surface area contributed by atoms with Crippen LogP contribution in [0.2, 0.25) is 10.0 Å². The average Bonchev–Trinajstić information content (AvgIpc) is 2.49. The van der Waals surface area contributed by atoms with Gasteiger partial charge in [0.15, 0.2) is 11.5 Å². The molecule has 0 fully saturated rings. The van der Waals surface area contributed by atoms with Crippen LogP contribution >= 0.6 is 23.2 Å². The molecule has 0 aromatic heterocycles. The largest absolute Gasteiger partial charge is 0.504 e. The lowest BCUT2D eigenvalue weighted by atomic mass is 10.2. The minimum atomic E-state index is -0.455. The van der Waals surface area contributed by atoms with Gasteiger partial charge in [-0.2, -0.15) is 0 Å². The van der Waals surface area contributed by atoms with E-state index >= 15 is 0 Å². The normalized spacial score (nSPS) is 11.2. The van der Waals surface area contributed by atoms with Gasteiger partial charge in [0.1, 0.15) is 0 Å². The van der Waals surface area contributed by atoms with E-state index in [1.807, 2.05) is 0 Å². The van der Waals surface area contributed by atoms with Crippen molar-refractivity contribution in [1.29, 1.82) is 0 Å². The maximum Gasteiger partial charge on any atom is 0.313 e. The fraction of sp³-hybridized carbons (Fsp3) is 0.176. The minimum absolute atomic E-state index is 0.0332. The van der Waals surface area contributed by atoms with E-state index in [9.17, 15) is 9.90 Å². The van der Waals surface area contributed by atoms with Crippen LogP contribution in [-0.4, -0.2) is 17.3 Å². The summed E-state index contributed by atoms with van der Waals surface area (Å²) in [6, 6.07) is 9.77. The van der Waals surface area contributed by atoms with Crippen LogP contribution in [0.5, 0.6) is 11.5 Å². The number of hydrogen-bond donors (Lipinski definition) is 1. The predicted octanol–water partition coefficient (Wildman–Crippen LogP) is 5.01. The standard InChI is InChI=1S/C17H15Cl2NO3/c1-10(2)17(22)23-16-11(7-13(19)8-15(16)21)9-20-14-5-3-12(18)4-6-14/h3-10,21H,1-2H3. The molecule has 0 heterocycles. The van der Waals surface area contributed by atoms with Crippen LogP contribution in [0.4, 0.5) is 5.69 Å². The average molecular weight is 352 g/mol. The van der Waals surface area contributed by atoms with Gasteiger partial charge in [0.2, 0.25) is 0 Å². The van der Waals surface area contributed by atoms with Gasteiger partial charge in [-0.05, 0) is 30.3 Å². The summed E-state index contributed by atoms with van der Waals surface area (Å²) in [5.74, 6) is -0.968. The number of hydrogen-bond acceptors (Lipinski definition) is 4. The highest BCUT2D eigenvalue weighted by Gasteiger charge is 2.16. The molecule has 0 aliphatic rings. The number of aliphatic imine (C=N–C) groups is 1. The minimum Gasteiger partial charge on any atom is -0.504 e. The number of carbonyl (C=O) groups is 1. The second-order valence-corrected chi connectivity index (χ2v) is 6.03. The van der Waals surface area contributed by atoms with Crippen molar-refractivity contribution >= 4 is 41.1 Å². The Bertz CT molecular complexity index is 740. The Labute approximate surface area is 144 Å². The molecule has 0 spiro atoms. The van der Waals surface area contributed by atoms with Gasteiger partial charge < -0.3 is 9.84 Å². The third-order valence-corrected chi connectivity index (χ3v) is 3.39. The lowest BCUT2D eigenvalue weighted by molar-refractivity contribution is -0.137. The monoisotopic (exact) mass is 351 g/mol. The molecule has 0 aliphatic heterocycles. The Kier molecular flexibility index (Phi) is 5.64. The zero-order chi connectivity index (χ0) is 17.0. The van der Waals surface area contributed by atoms with E-state index in [1.165, 1.54) is 12.3 Å². The first-order chi connectivity index (χ1) is 10.9. The highest BCUT2D eigenvalue weighted by Crippen LogP contribution is 2.33. The van der Waals surface area contributed by atoms with E-state index in [1.54, 1.807) is 44.2 Å². The van der Waals surface area contributed by atoms with Crippen LogP contribution in [0.15, 0.2) is 41.4 Å². The highest BCUT2D eigenvalue weighted by atomic mass is 35.5. The van der Waals surface area contributed by atoms with Gasteiger partial charge in [0.25, 0.3) is 0 Å². The Morgan fingerprint density at radius 2 is 1.83 bits per heavy atom. The smallest absolute Gasteiger partial charge is 0.313 e. The van der Waals surface area contributed by atoms with E-state index in [2.05, 4.69) is 4.99 Å². The van der Waals surface area contributed by atoms with Crippen LogP contribution in [0.25, 0.3) is 0 Å². The Hall–Kier alpha value is -2.04. The summed E-state index contributed by atoms with van der Waals surface area (Å²) in [7, 11) is 0. The molecule has 0 radical (unpaired) electrons. The number of ether oxygens (including phenoxy) is 1. The molecule has 0 aliphatic carbocycles. The first-order valence-corrected chi connectivity index (χ1v) is 7.66. The van der Waals surface area contributed by atoms with Gasteiger partial charge in [0, 0.05) is 27.9 Å². The Balaban J connectivity index is 2.36. The van der Waals surface area contributed by atoms with Crippen molar-refractivity contribution < 1.29 is 14.6 Å². The van der Waals surface area contributed by atoms with E-state index in [4.69, 9.17) is 27.9 Å². The number of halogens is 2. The third-order valence-electron chi connectivity index (χ3n) is 2.92. The summed E-state index contributed by atoms with van der Waals surface area (Å²) in [5.41, 5.74) is 1.06. The Morgan fingerprint density at radius 1 is 1.17 bits per heavy atom. The first kappa shape index (κ1) is 17.3. The molecule has 0 unspecified atom stereocenters. The molecule has 4 nitrogen and oxygen atoms in total. The van der Waals surface area contributed by atoms with Crippen LogP contribution in [0, 0.1) is 5.92 Å². The summed E-state index contributed by atoms with van der Waals surface area (Å²) >= 11 is 11.8. The molecule has 2 aromatic carbocycles. The molecular formula is C17H15Cl2NO3. The molecule has 2 rings (SSSR count). The number of rotatable bonds is 4. The number of phenols is 1. The third kappa shape index (κ3) is 4.71. The van der Waals surface area contributed by atoms with Crippen LogP contribution in [0.3, 0.4) is 0 Å². The topological polar surface area (TPSA) is 58.9 Å². The molecule has 120 valence electrons. The predicted molar refractivity (Wildman–Crippen MR) is 92.3 cm³/mol. The lowest BCUT2D eigenvalue weighted by Gasteiger charge is -2.11. The molecule has 0 saturated heterocycles. The molecule has 0 amide bonds. The quantitative estimate of drug-likeness (QED) is 0.478. The number of benzene rings is 2. The van der Waals surface area contributed by atoms with Gasteiger partial charge in [0.05, 0.1) is 11.6 Å². The molecule has 2 aromatic rings. The summed E-state index contributed by atoms with van der Waals surface area (Å²) < 4.78 is 5.24. The zero-order valence-electron chi connectivity index (χ0n) is 12.6. The van der Waals surface area contributed by atoms with E-state index in [0.717, 1.165) is 0 Å². The van der Waals surface area contributed by atoms with Crippen molar-refractivity contribution in [3.8, 4) is 11.5 Å². The fourth-order valence-electron chi connectivity index (χ4n) is 1.70. The van der Waals surface area contributed by atoms with Gasteiger partial charge in [-0.25, -0.2) is 0 Å². The number of esters is 1. The lowest BCUT2D eigenvalue weighted by Crippen LogP contribution is -2.15. The molecule has 0 atom stereocenters. The van der Waals surface area contributed by atoms with Gasteiger partial charge in [-0.15, -0.1) is 0 Å². The van der Waals surface area contributed by atoms with Gasteiger partial charge in [-0.1, -0.05) is 37.0 Å². The summed E-state index contributed by atoms with van der Waals surface area (Å²) in [6.45, 7) is 3.41. The SMILES string of the molecule is CC(C)C(=O)Oc1c(O)cc(Cl)cc1C=Nc1ccc(Cl)cc1. The zero-order valence-corrected chi connectivity index (χ0v) is 14.1. The molecule has 0 bridgehead atoms. The first-order valence-electron chi connectivity index (χ1n) is 6.90. The van der Waals surface area contributed by atoms with Gasteiger partial charge >= 0.3 is 5.97 Å². The van der Waals surface area contributed by atoms with Crippen molar-refractivity contribution in [2.75, 3.05) is 0 Å². The summed E-state index contributed by atoms with van der Waals surface area (Å²) in [5, 5.41) is 10.9. The van der Waals surface area contributed by atoms with Crippen LogP contribution in [-0.2, 0) is 4.79 Å². The number of nitrogens with zero attached hydrogens (tertiary/aromatic N) is 1. The number of phenolic OH excluding ortho intramolecular Hbond substituents is 1. The molecule has 23 heavy (non-hydrogen) atoms. The second-order valence-electron chi connectivity index (χ2n) is 5.15. The van der Waals surface area contributed by atoms with Crippen LogP contribution < -0.4 is 4.74 Å². The maximum absolute atomic E-state index is 11.8. The van der Waals surface area contributed by atoms with Crippen molar-refractivity contribution in [3.05, 3.63) is 52.0 Å². The maximum atomic E-state index is 11.8. The molecule has 1 N–H and O–H groups in total. The van der Waals surface area contributed by atoms with Gasteiger partial charge in [-0.3, -0.25) is 9.79 Å². The fourth-order valence-corrected chi connectivity index (χ4v) is 2.04. The molecule has 0 saturated carbocycles. The number of aromatic hydroxyl groups is 1. The molecular weight excluding hydrogens is 337 g/mol. The van der Waals surface area contributed by atoms with Crippen molar-refractivity contribution in [2.24, 2.45) is 10.9 Å². The Morgan fingerprint density at radius 3 is 2.43 bits per heavy atom. The number of carbonyl (C=O) groups excluding carboxylic acids is 1. The molecule has 6 heteroatoms. The van der Waals surface area contributed by atoms with Crippen molar-refractivity contribution in [3.63, 3.8) is 0 Å². The van der Waals surface area contributed by atoms with E-state index in [0.29, 0.717) is 21.3 Å².